The van der Waals surface area contributed by atoms with Crippen molar-refractivity contribution in [1.82, 2.24) is 5.32 Å². The van der Waals surface area contributed by atoms with Crippen LogP contribution in [0.3, 0.4) is 0 Å². The maximum absolute atomic E-state index is 12.1. The maximum Gasteiger partial charge on any atom is 0.310 e. The van der Waals surface area contributed by atoms with E-state index in [1.54, 1.807) is 7.11 Å². The Morgan fingerprint density at radius 1 is 0.963 bits per heavy atom. The van der Waals surface area contributed by atoms with Crippen molar-refractivity contribution in [3.8, 4) is 5.75 Å². The van der Waals surface area contributed by atoms with Crippen LogP contribution in [0.15, 0.2) is 66.7 Å². The van der Waals surface area contributed by atoms with Crippen molar-refractivity contribution >= 4 is 22.6 Å². The first kappa shape index (κ1) is 18.5. The lowest BCUT2D eigenvalue weighted by Gasteiger charge is -2.09. The van der Waals surface area contributed by atoms with Crippen LogP contribution < -0.4 is 10.1 Å². The highest BCUT2D eigenvalue weighted by molar-refractivity contribution is 5.89. The largest absolute Gasteiger partial charge is 0.497 e. The van der Waals surface area contributed by atoms with E-state index in [4.69, 9.17) is 9.47 Å². The Morgan fingerprint density at radius 3 is 2.59 bits per heavy atom. The number of ether oxygens (including phenoxy) is 2. The van der Waals surface area contributed by atoms with Gasteiger partial charge in [-0.2, -0.15) is 0 Å². The van der Waals surface area contributed by atoms with E-state index >= 15 is 0 Å². The predicted octanol–water partition coefficient (Wildman–Crippen LogP) is 3.25. The van der Waals surface area contributed by atoms with Crippen LogP contribution in [-0.4, -0.2) is 25.6 Å². The molecule has 138 valence electrons. The number of carbonyl (C=O) groups excluding carboxylic acids is 2. The van der Waals surface area contributed by atoms with Crippen molar-refractivity contribution in [3.05, 3.63) is 77.9 Å². The van der Waals surface area contributed by atoms with E-state index in [9.17, 15) is 9.59 Å². The zero-order valence-corrected chi connectivity index (χ0v) is 15.1. The molecule has 0 radical (unpaired) electrons. The molecule has 3 aromatic rings. The first-order valence-electron chi connectivity index (χ1n) is 8.67. The number of fused-ring (bicyclic) bond motifs is 1. The molecule has 1 amide bonds. The standard InChI is InChI=1S/C22H21NO4/c1-26-19-10-4-6-16(12-19)14-23-21(24)15-27-22(25)13-18-9-5-8-17-7-2-3-11-20(17)18/h2-12H,13-15H2,1H3,(H,23,24). The molecule has 1 N–H and O–H groups in total. The van der Waals surface area contributed by atoms with Gasteiger partial charge in [0.05, 0.1) is 13.5 Å². The molecule has 3 aromatic carbocycles. The van der Waals surface area contributed by atoms with Crippen LogP contribution in [0.5, 0.6) is 5.75 Å². The van der Waals surface area contributed by atoms with Gasteiger partial charge in [0.1, 0.15) is 5.75 Å². The topological polar surface area (TPSA) is 64.6 Å². The van der Waals surface area contributed by atoms with Gasteiger partial charge in [-0.1, -0.05) is 54.6 Å². The SMILES string of the molecule is COc1cccc(CNC(=O)COC(=O)Cc2cccc3ccccc23)c1. The average molecular weight is 363 g/mol. The highest BCUT2D eigenvalue weighted by Crippen LogP contribution is 2.19. The van der Waals surface area contributed by atoms with Crippen LogP contribution in [0, 0.1) is 0 Å². The van der Waals surface area contributed by atoms with E-state index in [0.717, 1.165) is 27.6 Å². The van der Waals surface area contributed by atoms with Crippen molar-refractivity contribution in [2.24, 2.45) is 0 Å². The number of nitrogens with one attached hydrogen (secondary N) is 1. The van der Waals surface area contributed by atoms with Crippen molar-refractivity contribution in [2.45, 2.75) is 13.0 Å². The Hall–Kier alpha value is -3.34. The Morgan fingerprint density at radius 2 is 1.74 bits per heavy atom. The summed E-state index contributed by atoms with van der Waals surface area (Å²) in [7, 11) is 1.59. The molecule has 0 aliphatic carbocycles. The van der Waals surface area contributed by atoms with E-state index in [0.29, 0.717) is 6.54 Å². The summed E-state index contributed by atoms with van der Waals surface area (Å²) >= 11 is 0. The number of esters is 1. The molecule has 0 aromatic heterocycles. The maximum atomic E-state index is 12.1. The van der Waals surface area contributed by atoms with Crippen LogP contribution in [0.1, 0.15) is 11.1 Å². The second-order valence-electron chi connectivity index (χ2n) is 6.10. The summed E-state index contributed by atoms with van der Waals surface area (Å²) in [6, 6.07) is 21.1. The van der Waals surface area contributed by atoms with Crippen molar-refractivity contribution in [3.63, 3.8) is 0 Å². The summed E-state index contributed by atoms with van der Waals surface area (Å²) in [5.41, 5.74) is 1.79. The Bertz CT molecular complexity index is 946. The molecule has 5 nitrogen and oxygen atoms in total. The van der Waals surface area contributed by atoms with E-state index in [1.807, 2.05) is 66.7 Å². The molecule has 0 aliphatic heterocycles. The number of carbonyl (C=O) groups is 2. The summed E-state index contributed by atoms with van der Waals surface area (Å²) in [4.78, 5) is 24.0. The van der Waals surface area contributed by atoms with Gasteiger partial charge in [0, 0.05) is 6.54 Å². The van der Waals surface area contributed by atoms with Crippen LogP contribution in [0.2, 0.25) is 0 Å². The third kappa shape index (κ3) is 5.07. The number of hydrogen-bond acceptors (Lipinski definition) is 4. The second kappa shape index (κ2) is 8.85. The summed E-state index contributed by atoms with van der Waals surface area (Å²) in [5.74, 6) is -0.0461. The van der Waals surface area contributed by atoms with Gasteiger partial charge in [-0.05, 0) is 34.0 Å². The molecule has 0 heterocycles. The lowest BCUT2D eigenvalue weighted by Crippen LogP contribution is -2.28. The molecule has 0 fully saturated rings. The Kier molecular flexibility index (Phi) is 6.05. The van der Waals surface area contributed by atoms with Crippen LogP contribution in [-0.2, 0) is 27.3 Å². The zero-order chi connectivity index (χ0) is 19.1. The lowest BCUT2D eigenvalue weighted by atomic mass is 10.0. The monoisotopic (exact) mass is 363 g/mol. The summed E-state index contributed by atoms with van der Waals surface area (Å²) in [6.07, 6.45) is 0.129. The number of amides is 1. The highest BCUT2D eigenvalue weighted by Gasteiger charge is 2.10. The van der Waals surface area contributed by atoms with E-state index in [2.05, 4.69) is 5.32 Å². The smallest absolute Gasteiger partial charge is 0.310 e. The molecular weight excluding hydrogens is 342 g/mol. The normalized spacial score (nSPS) is 10.4. The minimum Gasteiger partial charge on any atom is -0.497 e. The molecule has 3 rings (SSSR count). The fourth-order valence-corrected chi connectivity index (χ4v) is 2.83. The molecular formula is C22H21NO4. The van der Waals surface area contributed by atoms with Gasteiger partial charge in [0.25, 0.3) is 5.91 Å². The quantitative estimate of drug-likeness (QED) is 0.655. The minimum absolute atomic E-state index is 0.129. The van der Waals surface area contributed by atoms with Crippen molar-refractivity contribution in [1.29, 1.82) is 0 Å². The van der Waals surface area contributed by atoms with Gasteiger partial charge >= 0.3 is 5.97 Å². The van der Waals surface area contributed by atoms with Crippen LogP contribution in [0.4, 0.5) is 0 Å². The molecule has 0 spiro atoms. The molecule has 0 bridgehead atoms. The summed E-state index contributed by atoms with van der Waals surface area (Å²) in [5, 5.41) is 4.81. The predicted molar refractivity (Wildman–Crippen MR) is 103 cm³/mol. The first-order chi connectivity index (χ1) is 13.2. The van der Waals surface area contributed by atoms with Crippen LogP contribution in [0.25, 0.3) is 10.8 Å². The molecule has 27 heavy (non-hydrogen) atoms. The number of rotatable bonds is 7. The molecule has 0 aliphatic rings. The van der Waals surface area contributed by atoms with E-state index < -0.39 is 5.97 Å². The second-order valence-corrected chi connectivity index (χ2v) is 6.10. The van der Waals surface area contributed by atoms with Gasteiger partial charge in [0.15, 0.2) is 6.61 Å². The zero-order valence-electron chi connectivity index (χ0n) is 15.1. The molecule has 0 atom stereocenters. The Balaban J connectivity index is 1.49. The van der Waals surface area contributed by atoms with Gasteiger partial charge in [-0.25, -0.2) is 0 Å². The third-order valence-electron chi connectivity index (χ3n) is 4.20. The highest BCUT2D eigenvalue weighted by atomic mass is 16.5. The van der Waals surface area contributed by atoms with Gasteiger partial charge in [-0.3, -0.25) is 9.59 Å². The number of benzene rings is 3. The van der Waals surface area contributed by atoms with Crippen molar-refractivity contribution in [2.75, 3.05) is 13.7 Å². The fourth-order valence-electron chi connectivity index (χ4n) is 2.83. The lowest BCUT2D eigenvalue weighted by molar-refractivity contribution is -0.147. The Labute approximate surface area is 157 Å². The van der Waals surface area contributed by atoms with Crippen LogP contribution >= 0.6 is 0 Å². The molecule has 5 heteroatoms. The van der Waals surface area contributed by atoms with Crippen molar-refractivity contribution < 1.29 is 19.1 Å². The molecule has 0 unspecified atom stereocenters. The van der Waals surface area contributed by atoms with E-state index in [-0.39, 0.29) is 18.9 Å². The van der Waals surface area contributed by atoms with Gasteiger partial charge in [-0.15, -0.1) is 0 Å². The molecule has 0 saturated heterocycles. The average Bonchev–Trinajstić information content (AvgIpc) is 2.71. The first-order valence-corrected chi connectivity index (χ1v) is 8.67. The number of methoxy groups -OCH3 is 1. The third-order valence-corrected chi connectivity index (χ3v) is 4.20. The minimum atomic E-state index is -0.428. The van der Waals surface area contributed by atoms with Gasteiger partial charge < -0.3 is 14.8 Å². The summed E-state index contributed by atoms with van der Waals surface area (Å²) < 4.78 is 10.3. The number of hydrogen-bond donors (Lipinski definition) is 1. The summed E-state index contributed by atoms with van der Waals surface area (Å²) in [6.45, 7) is 0.0461. The molecule has 0 saturated carbocycles. The van der Waals surface area contributed by atoms with Gasteiger partial charge in [0.2, 0.25) is 0 Å². The fraction of sp³-hybridized carbons (Fsp3) is 0.182. The van der Waals surface area contributed by atoms with E-state index in [1.165, 1.54) is 0 Å².